The van der Waals surface area contributed by atoms with Gasteiger partial charge in [-0.25, -0.2) is 9.78 Å². The van der Waals surface area contributed by atoms with E-state index in [1.807, 2.05) is 24.3 Å². The van der Waals surface area contributed by atoms with E-state index in [9.17, 15) is 4.79 Å². The number of esters is 1. The third kappa shape index (κ3) is 2.99. The summed E-state index contributed by atoms with van der Waals surface area (Å²) in [6.07, 6.45) is 2.59. The van der Waals surface area contributed by atoms with Gasteiger partial charge in [-0.1, -0.05) is 12.1 Å². The molecule has 4 rings (SSSR count). The molecule has 0 fully saturated rings. The van der Waals surface area contributed by atoms with Crippen LogP contribution in [0.2, 0.25) is 0 Å². The second-order valence-corrected chi connectivity index (χ2v) is 5.48. The lowest BCUT2D eigenvalue weighted by molar-refractivity contribution is 0.0282. The predicted octanol–water partition coefficient (Wildman–Crippen LogP) is 3.33. The Morgan fingerprint density at radius 1 is 1.08 bits per heavy atom. The summed E-state index contributed by atoms with van der Waals surface area (Å²) in [5, 5.41) is 7.50. The molecule has 2 aromatic carbocycles. The first-order chi connectivity index (χ1) is 12.2. The number of carbonyl (C=O) groups is 1. The summed E-state index contributed by atoms with van der Waals surface area (Å²) in [6.45, 7) is 1.73. The Labute approximate surface area is 142 Å². The van der Waals surface area contributed by atoms with Crippen LogP contribution in [0.5, 0.6) is 0 Å². The van der Waals surface area contributed by atoms with Crippen molar-refractivity contribution in [3.8, 4) is 5.69 Å². The average molecular weight is 334 g/mol. The third-order valence-corrected chi connectivity index (χ3v) is 3.76. The lowest BCUT2D eigenvalue weighted by Crippen LogP contribution is -2.09. The number of benzene rings is 2. The van der Waals surface area contributed by atoms with E-state index < -0.39 is 12.1 Å². The summed E-state index contributed by atoms with van der Waals surface area (Å²) >= 11 is 0. The number of ether oxygens (including phenoxy) is 1. The Bertz CT molecular complexity index is 973. The van der Waals surface area contributed by atoms with E-state index >= 15 is 0 Å². The standard InChI is InChI=1S/C18H14N4O3/c1-12(17-21-15-4-2-3-5-16(15)25-17)24-18(23)13-6-8-14(9-7-13)22-10-19-20-11-22/h2-12H,1H3/t12-/m0/s1. The summed E-state index contributed by atoms with van der Waals surface area (Å²) in [6, 6.07) is 14.4. The van der Waals surface area contributed by atoms with E-state index in [-0.39, 0.29) is 0 Å². The molecule has 2 aromatic heterocycles. The van der Waals surface area contributed by atoms with Gasteiger partial charge in [0.25, 0.3) is 0 Å². The highest BCUT2D eigenvalue weighted by atomic mass is 16.6. The van der Waals surface area contributed by atoms with Gasteiger partial charge in [0, 0.05) is 5.69 Å². The zero-order chi connectivity index (χ0) is 17.2. The lowest BCUT2D eigenvalue weighted by Gasteiger charge is -2.10. The van der Waals surface area contributed by atoms with Gasteiger partial charge in [-0.05, 0) is 43.3 Å². The van der Waals surface area contributed by atoms with Crippen molar-refractivity contribution in [1.82, 2.24) is 19.7 Å². The van der Waals surface area contributed by atoms with E-state index in [4.69, 9.17) is 9.15 Å². The van der Waals surface area contributed by atoms with Crippen LogP contribution < -0.4 is 0 Å². The zero-order valence-corrected chi connectivity index (χ0v) is 13.4. The highest BCUT2D eigenvalue weighted by Gasteiger charge is 2.19. The van der Waals surface area contributed by atoms with Gasteiger partial charge >= 0.3 is 5.97 Å². The van der Waals surface area contributed by atoms with Crippen LogP contribution in [0.1, 0.15) is 29.3 Å². The second kappa shape index (κ2) is 6.20. The molecule has 0 aliphatic carbocycles. The fraction of sp³-hybridized carbons (Fsp3) is 0.111. The molecule has 0 spiro atoms. The first-order valence-corrected chi connectivity index (χ1v) is 7.72. The molecule has 0 aliphatic rings. The number of fused-ring (bicyclic) bond motifs is 1. The van der Waals surface area contributed by atoms with Crippen LogP contribution in [-0.4, -0.2) is 25.7 Å². The first kappa shape index (κ1) is 15.1. The van der Waals surface area contributed by atoms with Crippen molar-refractivity contribution in [2.45, 2.75) is 13.0 Å². The van der Waals surface area contributed by atoms with E-state index in [2.05, 4.69) is 15.2 Å². The molecule has 4 aromatic rings. The van der Waals surface area contributed by atoms with Crippen molar-refractivity contribution in [3.05, 3.63) is 72.6 Å². The quantitative estimate of drug-likeness (QED) is 0.532. The number of rotatable bonds is 4. The second-order valence-electron chi connectivity index (χ2n) is 5.48. The van der Waals surface area contributed by atoms with Crippen LogP contribution in [0.3, 0.4) is 0 Å². The zero-order valence-electron chi connectivity index (χ0n) is 13.4. The van der Waals surface area contributed by atoms with Gasteiger partial charge in [-0.2, -0.15) is 0 Å². The van der Waals surface area contributed by atoms with Gasteiger partial charge < -0.3 is 9.15 Å². The maximum Gasteiger partial charge on any atom is 0.338 e. The molecule has 7 nitrogen and oxygen atoms in total. The Morgan fingerprint density at radius 3 is 2.52 bits per heavy atom. The molecule has 25 heavy (non-hydrogen) atoms. The van der Waals surface area contributed by atoms with Crippen LogP contribution >= 0.6 is 0 Å². The van der Waals surface area contributed by atoms with Crippen molar-refractivity contribution in [2.24, 2.45) is 0 Å². The number of nitrogens with zero attached hydrogens (tertiary/aromatic N) is 4. The van der Waals surface area contributed by atoms with Crippen LogP contribution in [0, 0.1) is 0 Å². The molecule has 124 valence electrons. The molecule has 0 unspecified atom stereocenters. The fourth-order valence-electron chi connectivity index (χ4n) is 2.45. The molecule has 0 amide bonds. The van der Waals surface area contributed by atoms with Gasteiger partial charge in [0.05, 0.1) is 5.56 Å². The molecule has 0 radical (unpaired) electrons. The minimum absolute atomic E-state index is 0.371. The van der Waals surface area contributed by atoms with Crippen molar-refractivity contribution < 1.29 is 13.9 Å². The fourth-order valence-corrected chi connectivity index (χ4v) is 2.45. The Morgan fingerprint density at radius 2 is 1.80 bits per heavy atom. The SMILES string of the molecule is C[C@H](OC(=O)c1ccc(-n2cnnc2)cc1)c1nc2ccccc2o1. The first-order valence-electron chi connectivity index (χ1n) is 7.72. The molecular formula is C18H14N4O3. The van der Waals surface area contributed by atoms with Crippen molar-refractivity contribution >= 4 is 17.1 Å². The number of hydrogen-bond donors (Lipinski definition) is 0. The number of aromatic nitrogens is 4. The van der Waals surface area contributed by atoms with E-state index in [0.717, 1.165) is 11.2 Å². The highest BCUT2D eigenvalue weighted by molar-refractivity contribution is 5.89. The summed E-state index contributed by atoms with van der Waals surface area (Å²) in [7, 11) is 0. The topological polar surface area (TPSA) is 83.0 Å². The number of oxazole rings is 1. The van der Waals surface area contributed by atoms with Gasteiger partial charge in [0.2, 0.25) is 5.89 Å². The molecule has 0 N–H and O–H groups in total. The van der Waals surface area contributed by atoms with Crippen LogP contribution in [0.25, 0.3) is 16.8 Å². The maximum absolute atomic E-state index is 12.3. The summed E-state index contributed by atoms with van der Waals surface area (Å²) in [5.41, 5.74) is 2.70. The monoisotopic (exact) mass is 334 g/mol. The largest absolute Gasteiger partial charge is 0.449 e. The van der Waals surface area contributed by atoms with Crippen molar-refractivity contribution in [3.63, 3.8) is 0 Å². The normalized spacial score (nSPS) is 12.2. The van der Waals surface area contributed by atoms with E-state index in [1.165, 1.54) is 0 Å². The maximum atomic E-state index is 12.3. The minimum Gasteiger partial charge on any atom is -0.449 e. The average Bonchev–Trinajstić information content (AvgIpc) is 3.31. The highest BCUT2D eigenvalue weighted by Crippen LogP contribution is 2.23. The van der Waals surface area contributed by atoms with Crippen LogP contribution in [-0.2, 0) is 4.74 Å². The number of carbonyl (C=O) groups excluding carboxylic acids is 1. The number of para-hydroxylation sites is 2. The molecule has 0 saturated heterocycles. The van der Waals surface area contributed by atoms with Crippen molar-refractivity contribution in [1.29, 1.82) is 0 Å². The lowest BCUT2D eigenvalue weighted by atomic mass is 10.2. The molecule has 0 aliphatic heterocycles. The minimum atomic E-state index is -0.586. The number of hydrogen-bond acceptors (Lipinski definition) is 6. The Hall–Kier alpha value is -3.48. The van der Waals surface area contributed by atoms with Gasteiger partial charge in [0.15, 0.2) is 11.7 Å². The third-order valence-electron chi connectivity index (χ3n) is 3.76. The van der Waals surface area contributed by atoms with Crippen molar-refractivity contribution in [2.75, 3.05) is 0 Å². The predicted molar refractivity (Wildman–Crippen MR) is 89.2 cm³/mol. The van der Waals surface area contributed by atoms with Gasteiger partial charge in [0.1, 0.15) is 18.2 Å². The summed E-state index contributed by atoms with van der Waals surface area (Å²) in [4.78, 5) is 16.7. The summed E-state index contributed by atoms with van der Waals surface area (Å²) in [5.74, 6) is -0.0688. The molecule has 1 atom stereocenters. The molecule has 0 saturated carbocycles. The van der Waals surface area contributed by atoms with E-state index in [0.29, 0.717) is 17.0 Å². The smallest absolute Gasteiger partial charge is 0.338 e. The van der Waals surface area contributed by atoms with E-state index in [1.54, 1.807) is 48.4 Å². The van der Waals surface area contributed by atoms with Crippen LogP contribution in [0.4, 0.5) is 0 Å². The van der Waals surface area contributed by atoms with Crippen LogP contribution in [0.15, 0.2) is 65.6 Å². The Balaban J connectivity index is 1.49. The van der Waals surface area contributed by atoms with Gasteiger partial charge in [-0.3, -0.25) is 4.57 Å². The summed E-state index contributed by atoms with van der Waals surface area (Å²) < 4.78 is 12.8. The molecule has 7 heteroatoms. The van der Waals surface area contributed by atoms with Gasteiger partial charge in [-0.15, -0.1) is 10.2 Å². The molecular weight excluding hydrogens is 320 g/mol. The molecule has 2 heterocycles. The Kier molecular flexibility index (Phi) is 3.74. The molecule has 0 bridgehead atoms.